The first kappa shape index (κ1) is 10.1. The standard InChI is InChI=1S/C11H14N2O2/c14-11(15)10-7-13-6-9(10)5-8-1-3-12-4-2-8/h1-4,9-10,13H,5-7H2,(H,14,15). The van der Waals surface area contributed by atoms with Crippen LogP contribution in [0.5, 0.6) is 0 Å². The molecule has 2 unspecified atom stereocenters. The fourth-order valence-corrected chi connectivity index (χ4v) is 2.06. The summed E-state index contributed by atoms with van der Waals surface area (Å²) >= 11 is 0. The van der Waals surface area contributed by atoms with Crippen molar-refractivity contribution < 1.29 is 9.90 Å². The number of hydrogen-bond donors (Lipinski definition) is 2. The third-order valence-electron chi connectivity index (χ3n) is 2.90. The molecular weight excluding hydrogens is 192 g/mol. The van der Waals surface area contributed by atoms with Crippen molar-refractivity contribution in [3.63, 3.8) is 0 Å². The van der Waals surface area contributed by atoms with Gasteiger partial charge in [-0.3, -0.25) is 9.78 Å². The van der Waals surface area contributed by atoms with E-state index in [0.29, 0.717) is 6.54 Å². The lowest BCUT2D eigenvalue weighted by Crippen LogP contribution is -2.23. The Balaban J connectivity index is 2.03. The van der Waals surface area contributed by atoms with E-state index in [-0.39, 0.29) is 11.8 Å². The molecule has 1 aliphatic rings. The molecule has 0 amide bonds. The molecule has 0 aromatic carbocycles. The van der Waals surface area contributed by atoms with Crippen molar-refractivity contribution in [3.8, 4) is 0 Å². The van der Waals surface area contributed by atoms with Gasteiger partial charge in [0.15, 0.2) is 0 Å². The minimum Gasteiger partial charge on any atom is -0.481 e. The Bertz CT molecular complexity index is 340. The number of nitrogens with zero attached hydrogens (tertiary/aromatic N) is 1. The average molecular weight is 206 g/mol. The van der Waals surface area contributed by atoms with Crippen LogP contribution in [0.4, 0.5) is 0 Å². The quantitative estimate of drug-likeness (QED) is 0.758. The monoisotopic (exact) mass is 206 g/mol. The van der Waals surface area contributed by atoms with Crippen LogP contribution in [-0.2, 0) is 11.2 Å². The number of rotatable bonds is 3. The zero-order chi connectivity index (χ0) is 10.7. The first-order chi connectivity index (χ1) is 7.27. The Morgan fingerprint density at radius 2 is 2.20 bits per heavy atom. The molecule has 4 heteroatoms. The molecule has 1 aliphatic heterocycles. The number of carboxylic acid groups (broad SMARTS) is 1. The van der Waals surface area contributed by atoms with Gasteiger partial charge in [-0.15, -0.1) is 0 Å². The highest BCUT2D eigenvalue weighted by Crippen LogP contribution is 2.21. The Morgan fingerprint density at radius 3 is 2.87 bits per heavy atom. The summed E-state index contributed by atoms with van der Waals surface area (Å²) in [7, 11) is 0. The van der Waals surface area contributed by atoms with Gasteiger partial charge in [-0.2, -0.15) is 0 Å². The molecule has 2 rings (SSSR count). The molecular formula is C11H14N2O2. The summed E-state index contributed by atoms with van der Waals surface area (Å²) in [6, 6.07) is 3.88. The number of hydrogen-bond acceptors (Lipinski definition) is 3. The zero-order valence-electron chi connectivity index (χ0n) is 8.39. The average Bonchev–Trinajstić information content (AvgIpc) is 2.67. The summed E-state index contributed by atoms with van der Waals surface area (Å²) in [5.74, 6) is -0.748. The van der Waals surface area contributed by atoms with Crippen LogP contribution in [0.2, 0.25) is 0 Å². The first-order valence-electron chi connectivity index (χ1n) is 5.10. The maximum absolute atomic E-state index is 10.9. The van der Waals surface area contributed by atoms with Crippen molar-refractivity contribution >= 4 is 5.97 Å². The van der Waals surface area contributed by atoms with Crippen molar-refractivity contribution in [3.05, 3.63) is 30.1 Å². The number of aromatic nitrogens is 1. The number of nitrogens with one attached hydrogen (secondary N) is 1. The highest BCUT2D eigenvalue weighted by atomic mass is 16.4. The Kier molecular flexibility index (Phi) is 2.97. The maximum atomic E-state index is 10.9. The van der Waals surface area contributed by atoms with E-state index in [1.807, 2.05) is 12.1 Å². The second-order valence-electron chi connectivity index (χ2n) is 3.92. The van der Waals surface area contributed by atoms with Crippen molar-refractivity contribution in [2.45, 2.75) is 6.42 Å². The van der Waals surface area contributed by atoms with Crippen molar-refractivity contribution in [2.75, 3.05) is 13.1 Å². The van der Waals surface area contributed by atoms with Crippen molar-refractivity contribution in [1.82, 2.24) is 10.3 Å². The predicted molar refractivity (Wildman–Crippen MR) is 55.4 cm³/mol. The number of carboxylic acids is 1. The lowest BCUT2D eigenvalue weighted by atomic mass is 9.90. The molecule has 0 bridgehead atoms. The summed E-state index contributed by atoms with van der Waals surface area (Å²) in [6.45, 7) is 1.38. The van der Waals surface area contributed by atoms with Gasteiger partial charge < -0.3 is 10.4 Å². The van der Waals surface area contributed by atoms with E-state index in [1.54, 1.807) is 12.4 Å². The second-order valence-corrected chi connectivity index (χ2v) is 3.92. The van der Waals surface area contributed by atoms with E-state index < -0.39 is 5.97 Å². The molecule has 1 aromatic heterocycles. The molecule has 0 aliphatic carbocycles. The van der Waals surface area contributed by atoms with Crippen LogP contribution in [0.25, 0.3) is 0 Å². The number of aliphatic carboxylic acids is 1. The van der Waals surface area contributed by atoms with E-state index in [0.717, 1.165) is 18.5 Å². The fraction of sp³-hybridized carbons (Fsp3) is 0.455. The summed E-state index contributed by atoms with van der Waals surface area (Å²) in [6.07, 6.45) is 4.30. The van der Waals surface area contributed by atoms with Crippen molar-refractivity contribution in [1.29, 1.82) is 0 Å². The maximum Gasteiger partial charge on any atom is 0.308 e. The minimum absolute atomic E-state index is 0.199. The minimum atomic E-state index is -0.695. The third kappa shape index (κ3) is 2.33. The molecule has 80 valence electrons. The Labute approximate surface area is 88.3 Å². The van der Waals surface area contributed by atoms with Crippen LogP contribution < -0.4 is 5.32 Å². The lowest BCUT2D eigenvalue weighted by molar-refractivity contribution is -0.142. The van der Waals surface area contributed by atoms with Gasteiger partial charge in [0.2, 0.25) is 0 Å². The van der Waals surface area contributed by atoms with Crippen LogP contribution in [-0.4, -0.2) is 29.1 Å². The molecule has 15 heavy (non-hydrogen) atoms. The van der Waals surface area contributed by atoms with Gasteiger partial charge in [0.05, 0.1) is 5.92 Å². The van der Waals surface area contributed by atoms with E-state index in [9.17, 15) is 4.79 Å². The van der Waals surface area contributed by atoms with Gasteiger partial charge in [0.25, 0.3) is 0 Å². The molecule has 0 spiro atoms. The van der Waals surface area contributed by atoms with E-state index in [4.69, 9.17) is 5.11 Å². The topological polar surface area (TPSA) is 62.2 Å². The molecule has 1 fully saturated rings. The molecule has 2 atom stereocenters. The summed E-state index contributed by atoms with van der Waals surface area (Å²) in [4.78, 5) is 14.9. The molecule has 2 heterocycles. The SMILES string of the molecule is O=C(O)C1CNCC1Cc1ccncc1. The fourth-order valence-electron chi connectivity index (χ4n) is 2.06. The molecule has 1 saturated heterocycles. The molecule has 0 saturated carbocycles. The lowest BCUT2D eigenvalue weighted by Gasteiger charge is -2.13. The highest BCUT2D eigenvalue weighted by molar-refractivity contribution is 5.71. The second kappa shape index (κ2) is 4.40. The van der Waals surface area contributed by atoms with Gasteiger partial charge in [0.1, 0.15) is 0 Å². The van der Waals surface area contributed by atoms with Crippen LogP contribution in [0, 0.1) is 11.8 Å². The number of pyridine rings is 1. The molecule has 2 N–H and O–H groups in total. The number of carbonyl (C=O) groups is 1. The van der Waals surface area contributed by atoms with Crippen LogP contribution in [0.3, 0.4) is 0 Å². The first-order valence-corrected chi connectivity index (χ1v) is 5.10. The predicted octanol–water partition coefficient (Wildman–Crippen LogP) is 0.544. The Hall–Kier alpha value is -1.42. The Morgan fingerprint density at radius 1 is 1.47 bits per heavy atom. The van der Waals surface area contributed by atoms with E-state index >= 15 is 0 Å². The van der Waals surface area contributed by atoms with Gasteiger partial charge in [-0.25, -0.2) is 0 Å². The van der Waals surface area contributed by atoms with E-state index in [2.05, 4.69) is 10.3 Å². The smallest absolute Gasteiger partial charge is 0.308 e. The molecule has 4 nitrogen and oxygen atoms in total. The van der Waals surface area contributed by atoms with Gasteiger partial charge in [0, 0.05) is 18.9 Å². The van der Waals surface area contributed by atoms with Crippen LogP contribution in [0.15, 0.2) is 24.5 Å². The summed E-state index contributed by atoms with van der Waals surface area (Å²) < 4.78 is 0. The summed E-state index contributed by atoms with van der Waals surface area (Å²) in [5.41, 5.74) is 1.16. The van der Waals surface area contributed by atoms with Crippen LogP contribution in [0.1, 0.15) is 5.56 Å². The van der Waals surface area contributed by atoms with E-state index in [1.165, 1.54) is 0 Å². The van der Waals surface area contributed by atoms with Gasteiger partial charge in [-0.1, -0.05) is 0 Å². The van der Waals surface area contributed by atoms with Crippen LogP contribution >= 0.6 is 0 Å². The molecule has 0 radical (unpaired) electrons. The normalized spacial score (nSPS) is 25.3. The zero-order valence-corrected chi connectivity index (χ0v) is 8.39. The highest BCUT2D eigenvalue weighted by Gasteiger charge is 2.32. The van der Waals surface area contributed by atoms with Gasteiger partial charge >= 0.3 is 5.97 Å². The third-order valence-corrected chi connectivity index (χ3v) is 2.90. The van der Waals surface area contributed by atoms with Crippen molar-refractivity contribution in [2.24, 2.45) is 11.8 Å². The molecule has 1 aromatic rings. The largest absolute Gasteiger partial charge is 0.481 e. The van der Waals surface area contributed by atoms with Gasteiger partial charge in [-0.05, 0) is 36.6 Å². The summed E-state index contributed by atoms with van der Waals surface area (Å²) in [5, 5.41) is 12.1.